The Morgan fingerprint density at radius 3 is 2.85 bits per heavy atom. The van der Waals surface area contributed by atoms with Gasteiger partial charge in [-0.25, -0.2) is 4.98 Å². The van der Waals surface area contributed by atoms with Crippen molar-refractivity contribution in [1.29, 1.82) is 0 Å². The molecule has 0 aromatic carbocycles. The van der Waals surface area contributed by atoms with E-state index in [0.29, 0.717) is 17.1 Å². The standard InChI is InChI=1S/C15H23BrClN3/c1-3-6-20-7-4-12(5-8-20)11(2)19-14-9-13(16)10-18-15(14)17/h9-12,19H,3-8H2,1-2H3. The quantitative estimate of drug-likeness (QED) is 0.788. The van der Waals surface area contributed by atoms with Crippen molar-refractivity contribution < 1.29 is 0 Å². The third kappa shape index (κ3) is 4.34. The minimum Gasteiger partial charge on any atom is -0.380 e. The van der Waals surface area contributed by atoms with E-state index in [-0.39, 0.29) is 0 Å². The average Bonchev–Trinajstić information content (AvgIpc) is 2.44. The molecule has 3 nitrogen and oxygen atoms in total. The van der Waals surface area contributed by atoms with Gasteiger partial charge in [0, 0.05) is 16.7 Å². The van der Waals surface area contributed by atoms with Gasteiger partial charge in [0.25, 0.3) is 0 Å². The molecule has 1 unspecified atom stereocenters. The SMILES string of the molecule is CCCN1CCC(C(C)Nc2cc(Br)cnc2Cl)CC1. The molecule has 0 radical (unpaired) electrons. The zero-order valence-corrected chi connectivity index (χ0v) is 14.5. The van der Waals surface area contributed by atoms with Gasteiger partial charge in [-0.1, -0.05) is 18.5 Å². The molecule has 1 fully saturated rings. The Balaban J connectivity index is 1.89. The first-order chi connectivity index (χ1) is 9.60. The topological polar surface area (TPSA) is 28.2 Å². The first kappa shape index (κ1) is 16.1. The molecule has 1 N–H and O–H groups in total. The second-order valence-electron chi connectivity index (χ2n) is 5.60. The number of nitrogens with zero attached hydrogens (tertiary/aromatic N) is 2. The summed E-state index contributed by atoms with van der Waals surface area (Å²) in [4.78, 5) is 6.73. The predicted octanol–water partition coefficient (Wildman–Crippen LogP) is 4.42. The van der Waals surface area contributed by atoms with Gasteiger partial charge in [-0.3, -0.25) is 0 Å². The van der Waals surface area contributed by atoms with Crippen LogP contribution in [0.25, 0.3) is 0 Å². The average molecular weight is 361 g/mol. The van der Waals surface area contributed by atoms with Gasteiger partial charge in [0.05, 0.1) is 5.69 Å². The molecule has 2 rings (SSSR count). The van der Waals surface area contributed by atoms with Crippen LogP contribution in [0.3, 0.4) is 0 Å². The summed E-state index contributed by atoms with van der Waals surface area (Å²) in [5.74, 6) is 0.707. The fraction of sp³-hybridized carbons (Fsp3) is 0.667. The molecule has 5 heteroatoms. The van der Waals surface area contributed by atoms with Gasteiger partial charge in [0.15, 0.2) is 5.15 Å². The molecular formula is C15H23BrClN3. The van der Waals surface area contributed by atoms with E-state index in [0.717, 1.165) is 10.2 Å². The number of rotatable bonds is 5. The third-order valence-corrected chi connectivity index (χ3v) is 4.80. The maximum absolute atomic E-state index is 6.14. The van der Waals surface area contributed by atoms with Crippen LogP contribution >= 0.6 is 27.5 Å². The number of hydrogen-bond acceptors (Lipinski definition) is 3. The zero-order chi connectivity index (χ0) is 14.5. The lowest BCUT2D eigenvalue weighted by atomic mass is 9.90. The molecule has 1 aromatic heterocycles. The summed E-state index contributed by atoms with van der Waals surface area (Å²) in [5.41, 5.74) is 0.921. The molecule has 1 saturated heterocycles. The van der Waals surface area contributed by atoms with E-state index in [4.69, 9.17) is 11.6 Å². The lowest BCUT2D eigenvalue weighted by molar-refractivity contribution is 0.176. The van der Waals surface area contributed by atoms with Gasteiger partial charge in [0.1, 0.15) is 0 Å². The molecule has 112 valence electrons. The number of aromatic nitrogens is 1. The molecule has 20 heavy (non-hydrogen) atoms. The number of likely N-dealkylation sites (tertiary alicyclic amines) is 1. The minimum atomic E-state index is 0.423. The van der Waals surface area contributed by atoms with Crippen LogP contribution in [-0.2, 0) is 0 Å². The number of pyridine rings is 1. The molecule has 0 amide bonds. The highest BCUT2D eigenvalue weighted by Crippen LogP contribution is 2.27. The third-order valence-electron chi connectivity index (χ3n) is 4.07. The van der Waals surface area contributed by atoms with Crippen LogP contribution in [0.1, 0.15) is 33.1 Å². The van der Waals surface area contributed by atoms with Crippen molar-refractivity contribution in [2.24, 2.45) is 5.92 Å². The first-order valence-electron chi connectivity index (χ1n) is 7.40. The van der Waals surface area contributed by atoms with Crippen LogP contribution in [0, 0.1) is 5.92 Å². The summed E-state index contributed by atoms with van der Waals surface area (Å²) in [6.07, 6.45) is 5.49. The monoisotopic (exact) mass is 359 g/mol. The Bertz CT molecular complexity index is 433. The molecule has 0 bridgehead atoms. The number of nitrogens with one attached hydrogen (secondary N) is 1. The molecule has 2 heterocycles. The Kier molecular flexibility index (Phi) is 6.12. The molecule has 1 aliphatic rings. The van der Waals surface area contributed by atoms with Crippen molar-refractivity contribution >= 4 is 33.2 Å². The van der Waals surface area contributed by atoms with Crippen LogP contribution in [0.2, 0.25) is 5.15 Å². The van der Waals surface area contributed by atoms with Crippen LogP contribution in [-0.4, -0.2) is 35.6 Å². The van der Waals surface area contributed by atoms with Gasteiger partial charge in [-0.2, -0.15) is 0 Å². The molecule has 0 saturated carbocycles. The molecule has 1 aromatic rings. The molecule has 0 spiro atoms. The van der Waals surface area contributed by atoms with Gasteiger partial charge in [-0.15, -0.1) is 0 Å². The van der Waals surface area contributed by atoms with Gasteiger partial charge in [0.2, 0.25) is 0 Å². The van der Waals surface area contributed by atoms with E-state index in [1.165, 1.54) is 38.9 Å². The van der Waals surface area contributed by atoms with Crippen molar-refractivity contribution in [1.82, 2.24) is 9.88 Å². The largest absolute Gasteiger partial charge is 0.380 e. The van der Waals surface area contributed by atoms with Crippen molar-refractivity contribution in [2.45, 2.75) is 39.2 Å². The van der Waals surface area contributed by atoms with Crippen LogP contribution < -0.4 is 5.32 Å². The Morgan fingerprint density at radius 1 is 1.50 bits per heavy atom. The second-order valence-corrected chi connectivity index (χ2v) is 6.88. The zero-order valence-electron chi connectivity index (χ0n) is 12.2. The maximum Gasteiger partial charge on any atom is 0.152 e. The normalized spacial score (nSPS) is 19.0. The molecule has 1 aliphatic heterocycles. The van der Waals surface area contributed by atoms with Crippen molar-refractivity contribution in [3.05, 3.63) is 21.9 Å². The lowest BCUT2D eigenvalue weighted by Gasteiger charge is -2.35. The van der Waals surface area contributed by atoms with Crippen molar-refractivity contribution in [3.63, 3.8) is 0 Å². The Morgan fingerprint density at radius 2 is 2.20 bits per heavy atom. The summed E-state index contributed by atoms with van der Waals surface area (Å²) in [6, 6.07) is 2.42. The van der Waals surface area contributed by atoms with Gasteiger partial charge >= 0.3 is 0 Å². The highest BCUT2D eigenvalue weighted by atomic mass is 79.9. The number of halogens is 2. The Hall–Kier alpha value is -0.320. The summed E-state index contributed by atoms with van der Waals surface area (Å²) < 4.78 is 0.953. The van der Waals surface area contributed by atoms with E-state index in [1.807, 2.05) is 6.07 Å². The van der Waals surface area contributed by atoms with E-state index < -0.39 is 0 Å². The highest BCUT2D eigenvalue weighted by Gasteiger charge is 2.23. The number of piperidine rings is 1. The van der Waals surface area contributed by atoms with Crippen LogP contribution in [0.4, 0.5) is 5.69 Å². The van der Waals surface area contributed by atoms with Crippen molar-refractivity contribution in [2.75, 3.05) is 25.0 Å². The van der Waals surface area contributed by atoms with Gasteiger partial charge < -0.3 is 10.2 Å². The fourth-order valence-corrected chi connectivity index (χ4v) is 3.37. The predicted molar refractivity (Wildman–Crippen MR) is 89.5 cm³/mol. The van der Waals surface area contributed by atoms with Gasteiger partial charge in [-0.05, 0) is 73.7 Å². The molecule has 0 aliphatic carbocycles. The summed E-state index contributed by atoms with van der Waals surface area (Å²) in [7, 11) is 0. The van der Waals surface area contributed by atoms with Crippen molar-refractivity contribution in [3.8, 4) is 0 Å². The lowest BCUT2D eigenvalue weighted by Crippen LogP contribution is -2.39. The molecule has 1 atom stereocenters. The Labute approximate surface area is 135 Å². The van der Waals surface area contributed by atoms with E-state index in [9.17, 15) is 0 Å². The molecular weight excluding hydrogens is 338 g/mol. The fourth-order valence-electron chi connectivity index (χ4n) is 2.88. The van der Waals surface area contributed by atoms with E-state index >= 15 is 0 Å². The van der Waals surface area contributed by atoms with Crippen LogP contribution in [0.5, 0.6) is 0 Å². The minimum absolute atomic E-state index is 0.423. The first-order valence-corrected chi connectivity index (χ1v) is 8.57. The number of anilines is 1. The second kappa shape index (κ2) is 7.62. The maximum atomic E-state index is 6.14. The smallest absolute Gasteiger partial charge is 0.152 e. The van der Waals surface area contributed by atoms with E-state index in [1.54, 1.807) is 6.20 Å². The summed E-state index contributed by atoms with van der Waals surface area (Å²) in [5, 5.41) is 4.07. The summed E-state index contributed by atoms with van der Waals surface area (Å²) in [6.45, 7) is 8.16. The van der Waals surface area contributed by atoms with Crippen LogP contribution in [0.15, 0.2) is 16.7 Å². The number of hydrogen-bond donors (Lipinski definition) is 1. The highest BCUT2D eigenvalue weighted by molar-refractivity contribution is 9.10. The van der Waals surface area contributed by atoms with E-state index in [2.05, 4.69) is 45.0 Å². The summed E-state index contributed by atoms with van der Waals surface area (Å²) >= 11 is 9.58.